The summed E-state index contributed by atoms with van der Waals surface area (Å²) in [6.07, 6.45) is 1.50. The number of rotatable bonds is 3. The maximum absolute atomic E-state index is 12.7. The van der Waals surface area contributed by atoms with E-state index in [-0.39, 0.29) is 22.6 Å². The Kier molecular flexibility index (Phi) is 3.39. The van der Waals surface area contributed by atoms with Crippen molar-refractivity contribution in [2.75, 3.05) is 7.11 Å². The maximum Gasteiger partial charge on any atom is 0.200 e. The molecule has 0 bridgehead atoms. The molecule has 0 fully saturated rings. The average molecular weight is 295 g/mol. The highest BCUT2D eigenvalue weighted by Crippen LogP contribution is 2.36. The third-order valence-corrected chi connectivity index (χ3v) is 3.44. The number of aromatic nitrogens is 1. The lowest BCUT2D eigenvalue weighted by Crippen LogP contribution is -2.04. The van der Waals surface area contributed by atoms with E-state index in [0.717, 1.165) is 0 Å². The van der Waals surface area contributed by atoms with Crippen LogP contribution in [0.25, 0.3) is 10.9 Å². The quantitative estimate of drug-likeness (QED) is 0.573. The van der Waals surface area contributed by atoms with Gasteiger partial charge in [0, 0.05) is 11.6 Å². The molecule has 1 aromatic heterocycles. The van der Waals surface area contributed by atoms with Crippen LogP contribution in [0.5, 0.6) is 17.2 Å². The van der Waals surface area contributed by atoms with Crippen LogP contribution in [0.4, 0.5) is 0 Å². The summed E-state index contributed by atoms with van der Waals surface area (Å²) in [5, 5.41) is 20.7. The molecule has 1 heterocycles. The number of carbonyl (C=O) groups excluding carboxylic acids is 1. The van der Waals surface area contributed by atoms with Crippen LogP contribution in [0, 0.1) is 0 Å². The summed E-state index contributed by atoms with van der Waals surface area (Å²) in [5.74, 6) is -0.405. The molecule has 0 unspecified atom stereocenters. The number of carbonyl (C=O) groups is 1. The van der Waals surface area contributed by atoms with Gasteiger partial charge in [-0.25, -0.2) is 0 Å². The SMILES string of the molecule is COc1ccccc1C(=O)c1cc(O)c2ncccc2c1O. The van der Waals surface area contributed by atoms with Gasteiger partial charge in [0.1, 0.15) is 22.8 Å². The molecule has 0 aliphatic rings. The van der Waals surface area contributed by atoms with E-state index in [2.05, 4.69) is 4.98 Å². The molecule has 0 aliphatic carbocycles. The van der Waals surface area contributed by atoms with E-state index in [1.807, 2.05) is 0 Å². The van der Waals surface area contributed by atoms with E-state index in [0.29, 0.717) is 16.7 Å². The lowest BCUT2D eigenvalue weighted by Gasteiger charge is -2.11. The number of methoxy groups -OCH3 is 1. The number of phenols is 2. The Balaban J connectivity index is 2.22. The van der Waals surface area contributed by atoms with Crippen molar-refractivity contribution in [3.05, 3.63) is 59.8 Å². The zero-order chi connectivity index (χ0) is 15.7. The first-order valence-electron chi connectivity index (χ1n) is 6.61. The molecule has 5 nitrogen and oxygen atoms in total. The normalized spacial score (nSPS) is 10.6. The van der Waals surface area contributed by atoms with Gasteiger partial charge in [-0.05, 0) is 30.3 Å². The van der Waals surface area contributed by atoms with E-state index >= 15 is 0 Å². The molecule has 5 heteroatoms. The number of pyridine rings is 1. The molecule has 0 aliphatic heterocycles. The third-order valence-electron chi connectivity index (χ3n) is 3.44. The summed E-state index contributed by atoms with van der Waals surface area (Å²) in [4.78, 5) is 16.7. The van der Waals surface area contributed by atoms with Gasteiger partial charge in [0.25, 0.3) is 0 Å². The molecule has 2 aromatic carbocycles. The number of fused-ring (bicyclic) bond motifs is 1. The van der Waals surface area contributed by atoms with Crippen LogP contribution in [0.15, 0.2) is 48.7 Å². The molecular weight excluding hydrogens is 282 g/mol. The maximum atomic E-state index is 12.7. The fourth-order valence-electron chi connectivity index (χ4n) is 2.37. The van der Waals surface area contributed by atoms with Crippen LogP contribution >= 0.6 is 0 Å². The van der Waals surface area contributed by atoms with Crippen molar-refractivity contribution in [2.24, 2.45) is 0 Å². The number of hydrogen-bond donors (Lipinski definition) is 2. The second kappa shape index (κ2) is 5.37. The van der Waals surface area contributed by atoms with Gasteiger partial charge in [-0.1, -0.05) is 12.1 Å². The van der Waals surface area contributed by atoms with Crippen molar-refractivity contribution >= 4 is 16.7 Å². The molecule has 0 spiro atoms. The third kappa shape index (κ3) is 2.13. The summed E-state index contributed by atoms with van der Waals surface area (Å²) in [7, 11) is 1.47. The van der Waals surface area contributed by atoms with Gasteiger partial charge in [0.2, 0.25) is 5.78 Å². The molecule has 0 radical (unpaired) electrons. The highest BCUT2D eigenvalue weighted by Gasteiger charge is 2.21. The molecule has 0 saturated carbocycles. The molecule has 0 amide bonds. The van der Waals surface area contributed by atoms with Crippen molar-refractivity contribution in [3.63, 3.8) is 0 Å². The lowest BCUT2D eigenvalue weighted by molar-refractivity contribution is 0.103. The van der Waals surface area contributed by atoms with E-state index in [4.69, 9.17) is 4.74 Å². The summed E-state index contributed by atoms with van der Waals surface area (Å²) >= 11 is 0. The largest absolute Gasteiger partial charge is 0.506 e. The van der Waals surface area contributed by atoms with E-state index in [9.17, 15) is 15.0 Å². The number of aromatic hydroxyl groups is 2. The highest BCUT2D eigenvalue weighted by molar-refractivity contribution is 6.15. The number of ketones is 1. The van der Waals surface area contributed by atoms with Gasteiger partial charge in [0.05, 0.1) is 18.2 Å². The molecule has 3 aromatic rings. The zero-order valence-corrected chi connectivity index (χ0v) is 11.8. The topological polar surface area (TPSA) is 79.7 Å². The van der Waals surface area contributed by atoms with Gasteiger partial charge in [0.15, 0.2) is 0 Å². The number of nitrogens with zero attached hydrogens (tertiary/aromatic N) is 1. The molecule has 22 heavy (non-hydrogen) atoms. The van der Waals surface area contributed by atoms with Gasteiger partial charge in [-0.2, -0.15) is 0 Å². The zero-order valence-electron chi connectivity index (χ0n) is 11.8. The second-order valence-electron chi connectivity index (χ2n) is 4.72. The first-order chi connectivity index (χ1) is 10.6. The van der Waals surface area contributed by atoms with Crippen molar-refractivity contribution in [2.45, 2.75) is 0 Å². The number of phenolic OH excluding ortho intramolecular Hbond substituents is 2. The minimum atomic E-state index is -0.434. The van der Waals surface area contributed by atoms with E-state index in [1.54, 1.807) is 36.4 Å². The van der Waals surface area contributed by atoms with Crippen LogP contribution < -0.4 is 4.74 Å². The molecule has 3 rings (SSSR count). The van der Waals surface area contributed by atoms with Crippen molar-refractivity contribution in [1.29, 1.82) is 0 Å². The predicted octanol–water partition coefficient (Wildman–Crippen LogP) is 2.89. The fraction of sp³-hybridized carbons (Fsp3) is 0.0588. The first-order valence-corrected chi connectivity index (χ1v) is 6.61. The Morgan fingerprint density at radius 2 is 1.86 bits per heavy atom. The van der Waals surface area contributed by atoms with Crippen LogP contribution in [0.3, 0.4) is 0 Å². The Hall–Kier alpha value is -3.08. The number of ether oxygens (including phenoxy) is 1. The summed E-state index contributed by atoms with van der Waals surface area (Å²) in [6, 6.07) is 11.2. The minimum absolute atomic E-state index is 0.00231. The Labute approximate surface area is 126 Å². The first kappa shape index (κ1) is 13.9. The van der Waals surface area contributed by atoms with E-state index < -0.39 is 5.78 Å². The monoisotopic (exact) mass is 295 g/mol. The number of benzene rings is 2. The van der Waals surface area contributed by atoms with E-state index in [1.165, 1.54) is 19.4 Å². The Bertz CT molecular complexity index is 874. The van der Waals surface area contributed by atoms with Gasteiger partial charge in [-0.3, -0.25) is 9.78 Å². The van der Waals surface area contributed by atoms with Crippen molar-refractivity contribution in [3.8, 4) is 17.2 Å². The van der Waals surface area contributed by atoms with Crippen molar-refractivity contribution < 1.29 is 19.7 Å². The number of para-hydroxylation sites is 1. The highest BCUT2D eigenvalue weighted by atomic mass is 16.5. The fourth-order valence-corrected chi connectivity index (χ4v) is 2.37. The second-order valence-corrected chi connectivity index (χ2v) is 4.72. The average Bonchev–Trinajstić information content (AvgIpc) is 2.57. The van der Waals surface area contributed by atoms with Crippen LogP contribution in [0.2, 0.25) is 0 Å². The summed E-state index contributed by atoms with van der Waals surface area (Å²) in [6.45, 7) is 0. The number of hydrogen-bond acceptors (Lipinski definition) is 5. The van der Waals surface area contributed by atoms with Crippen LogP contribution in [0.1, 0.15) is 15.9 Å². The van der Waals surface area contributed by atoms with Gasteiger partial charge < -0.3 is 14.9 Å². The molecule has 0 saturated heterocycles. The van der Waals surface area contributed by atoms with Crippen LogP contribution in [-0.2, 0) is 0 Å². The Morgan fingerprint density at radius 1 is 1.09 bits per heavy atom. The van der Waals surface area contributed by atoms with Crippen LogP contribution in [-0.4, -0.2) is 28.1 Å². The van der Waals surface area contributed by atoms with Gasteiger partial charge in [-0.15, -0.1) is 0 Å². The smallest absolute Gasteiger partial charge is 0.200 e. The summed E-state index contributed by atoms with van der Waals surface area (Å²) < 4.78 is 5.17. The van der Waals surface area contributed by atoms with Crippen molar-refractivity contribution in [1.82, 2.24) is 4.98 Å². The minimum Gasteiger partial charge on any atom is -0.506 e. The Morgan fingerprint density at radius 3 is 2.64 bits per heavy atom. The molecule has 0 atom stereocenters. The predicted molar refractivity (Wildman–Crippen MR) is 81.5 cm³/mol. The standard InChI is InChI=1S/C17H13NO4/c1-22-14-7-3-2-5-10(14)16(20)12-9-13(19)15-11(17(12)21)6-4-8-18-15/h2-9,19,21H,1H3. The molecular formula is C17H13NO4. The molecule has 2 N–H and O–H groups in total. The molecule has 110 valence electrons. The summed E-state index contributed by atoms with van der Waals surface area (Å²) in [5.41, 5.74) is 0.557. The van der Waals surface area contributed by atoms with Gasteiger partial charge >= 0.3 is 0 Å². The lowest BCUT2D eigenvalue weighted by atomic mass is 9.99.